The van der Waals surface area contributed by atoms with Crippen LogP contribution >= 0.6 is 11.3 Å². The van der Waals surface area contributed by atoms with Crippen LogP contribution in [0.25, 0.3) is 11.0 Å². The van der Waals surface area contributed by atoms with Gasteiger partial charge in [-0.25, -0.2) is 4.79 Å². The zero-order chi connectivity index (χ0) is 18.1. The lowest BCUT2D eigenvalue weighted by atomic mass is 10.1. The number of amides is 1. The topological polar surface area (TPSA) is 68.5 Å². The van der Waals surface area contributed by atoms with Crippen LogP contribution in [0.4, 0.5) is 0 Å². The molecule has 2 heterocycles. The lowest BCUT2D eigenvalue weighted by molar-refractivity contribution is -0.123. The van der Waals surface area contributed by atoms with Gasteiger partial charge in [-0.1, -0.05) is 6.07 Å². The van der Waals surface area contributed by atoms with E-state index in [1.54, 1.807) is 17.4 Å². The summed E-state index contributed by atoms with van der Waals surface area (Å²) < 4.78 is 11.0. The Kier molecular flexibility index (Phi) is 4.51. The Balaban J connectivity index is 1.45. The lowest BCUT2D eigenvalue weighted by Crippen LogP contribution is -2.30. The van der Waals surface area contributed by atoms with Crippen molar-refractivity contribution >= 4 is 28.2 Å². The van der Waals surface area contributed by atoms with Gasteiger partial charge in [-0.2, -0.15) is 0 Å². The number of aryl methyl sites for hydroxylation is 1. The SMILES string of the molecule is C[C@H](NC(=O)COc1ccc2c3c(c(=O)oc2c1)CCC3)c1cccs1. The maximum atomic E-state index is 12.1. The summed E-state index contributed by atoms with van der Waals surface area (Å²) in [7, 11) is 0. The maximum Gasteiger partial charge on any atom is 0.339 e. The molecule has 0 saturated carbocycles. The Morgan fingerprint density at radius 3 is 2.96 bits per heavy atom. The molecule has 0 radical (unpaired) electrons. The minimum absolute atomic E-state index is 0.0525. The van der Waals surface area contributed by atoms with Crippen molar-refractivity contribution in [1.29, 1.82) is 0 Å². The minimum atomic E-state index is -0.260. The zero-order valence-corrected chi connectivity index (χ0v) is 15.2. The first kappa shape index (κ1) is 16.8. The Morgan fingerprint density at radius 1 is 1.31 bits per heavy atom. The lowest BCUT2D eigenvalue weighted by Gasteiger charge is -2.13. The Labute approximate surface area is 154 Å². The first-order valence-corrected chi connectivity index (χ1v) is 9.54. The maximum absolute atomic E-state index is 12.1. The second-order valence-electron chi connectivity index (χ2n) is 6.45. The van der Waals surface area contributed by atoms with Crippen molar-refractivity contribution < 1.29 is 13.9 Å². The third-order valence-corrected chi connectivity index (χ3v) is 5.72. The van der Waals surface area contributed by atoms with Gasteiger partial charge in [-0.15, -0.1) is 11.3 Å². The first-order valence-electron chi connectivity index (χ1n) is 8.66. The fourth-order valence-corrected chi connectivity index (χ4v) is 4.13. The van der Waals surface area contributed by atoms with Crippen LogP contribution in [-0.2, 0) is 17.6 Å². The highest BCUT2D eigenvalue weighted by Gasteiger charge is 2.19. The molecule has 0 spiro atoms. The standard InChI is InChI=1S/C20H19NO4S/c1-12(18-6-3-9-26-18)21-19(22)11-24-13-7-8-15-14-4-2-5-16(14)20(23)25-17(15)10-13/h3,6-10,12H,2,4-5,11H2,1H3,(H,21,22)/t12-/m0/s1. The molecular weight excluding hydrogens is 350 g/mol. The normalized spacial score (nSPS) is 14.2. The summed E-state index contributed by atoms with van der Waals surface area (Å²) in [5.74, 6) is 0.318. The van der Waals surface area contributed by atoms with Crippen molar-refractivity contribution in [2.45, 2.75) is 32.2 Å². The molecule has 1 aliphatic rings. The number of rotatable bonds is 5. The van der Waals surface area contributed by atoms with Crippen LogP contribution < -0.4 is 15.7 Å². The van der Waals surface area contributed by atoms with E-state index in [1.165, 1.54) is 0 Å². The molecule has 2 aromatic heterocycles. The van der Waals surface area contributed by atoms with Crippen LogP contribution in [0.15, 0.2) is 44.9 Å². The van der Waals surface area contributed by atoms with Crippen LogP contribution in [0.1, 0.15) is 35.4 Å². The van der Waals surface area contributed by atoms with Gasteiger partial charge in [0.15, 0.2) is 6.61 Å². The molecule has 1 atom stereocenters. The number of nitrogens with one attached hydrogen (secondary N) is 1. The fraction of sp³-hybridized carbons (Fsp3) is 0.300. The number of hydrogen-bond donors (Lipinski definition) is 1. The highest BCUT2D eigenvalue weighted by molar-refractivity contribution is 7.10. The molecule has 3 aromatic rings. The van der Waals surface area contributed by atoms with Gasteiger partial charge in [0.2, 0.25) is 0 Å². The fourth-order valence-electron chi connectivity index (χ4n) is 3.39. The van der Waals surface area contributed by atoms with E-state index in [4.69, 9.17) is 9.15 Å². The molecular formula is C20H19NO4S. The number of ether oxygens (including phenoxy) is 1. The summed E-state index contributed by atoms with van der Waals surface area (Å²) in [4.78, 5) is 25.3. The van der Waals surface area contributed by atoms with Gasteiger partial charge in [0.25, 0.3) is 5.91 Å². The molecule has 5 nitrogen and oxygen atoms in total. The summed E-state index contributed by atoms with van der Waals surface area (Å²) in [6.45, 7) is 1.85. The molecule has 26 heavy (non-hydrogen) atoms. The van der Waals surface area contributed by atoms with Crippen molar-refractivity contribution in [2.24, 2.45) is 0 Å². The summed E-state index contributed by atoms with van der Waals surface area (Å²) in [6, 6.07) is 9.30. The van der Waals surface area contributed by atoms with Gasteiger partial charge in [0.05, 0.1) is 6.04 Å². The number of fused-ring (bicyclic) bond motifs is 3. The zero-order valence-electron chi connectivity index (χ0n) is 14.4. The van der Waals surface area contributed by atoms with Crippen molar-refractivity contribution in [3.05, 3.63) is 62.1 Å². The molecule has 4 rings (SSSR count). The minimum Gasteiger partial charge on any atom is -0.484 e. The molecule has 0 fully saturated rings. The second kappa shape index (κ2) is 6.96. The highest BCUT2D eigenvalue weighted by atomic mass is 32.1. The molecule has 6 heteroatoms. The Hall–Kier alpha value is -2.60. The quantitative estimate of drug-likeness (QED) is 0.698. The van der Waals surface area contributed by atoms with Crippen LogP contribution in [0.2, 0.25) is 0 Å². The van der Waals surface area contributed by atoms with Crippen LogP contribution in [0, 0.1) is 0 Å². The van der Waals surface area contributed by atoms with Gasteiger partial charge in [0.1, 0.15) is 11.3 Å². The average Bonchev–Trinajstić information content (AvgIpc) is 3.31. The van der Waals surface area contributed by atoms with Gasteiger partial charge >= 0.3 is 5.63 Å². The van der Waals surface area contributed by atoms with Gasteiger partial charge in [-0.3, -0.25) is 4.79 Å². The van der Waals surface area contributed by atoms with Gasteiger partial charge in [0, 0.05) is 21.9 Å². The van der Waals surface area contributed by atoms with E-state index in [1.807, 2.05) is 36.6 Å². The van der Waals surface area contributed by atoms with E-state index < -0.39 is 0 Å². The largest absolute Gasteiger partial charge is 0.484 e. The van der Waals surface area contributed by atoms with Crippen molar-refractivity contribution in [3.63, 3.8) is 0 Å². The summed E-state index contributed by atoms with van der Waals surface area (Å²) in [5, 5.41) is 5.84. The van der Waals surface area contributed by atoms with E-state index in [0.717, 1.165) is 40.7 Å². The highest BCUT2D eigenvalue weighted by Crippen LogP contribution is 2.29. The second-order valence-corrected chi connectivity index (χ2v) is 7.43. The van der Waals surface area contributed by atoms with E-state index in [9.17, 15) is 9.59 Å². The molecule has 1 N–H and O–H groups in total. The molecule has 0 aliphatic heterocycles. The van der Waals surface area contributed by atoms with E-state index >= 15 is 0 Å². The van der Waals surface area contributed by atoms with Gasteiger partial charge in [-0.05, 0) is 55.3 Å². The van der Waals surface area contributed by atoms with E-state index in [2.05, 4.69) is 5.32 Å². The number of carbonyl (C=O) groups is 1. The molecule has 1 aliphatic carbocycles. The molecule has 0 bridgehead atoms. The third kappa shape index (κ3) is 3.24. The number of thiophene rings is 1. The Morgan fingerprint density at radius 2 is 2.15 bits per heavy atom. The molecule has 1 amide bonds. The number of hydrogen-bond acceptors (Lipinski definition) is 5. The predicted molar refractivity (Wildman–Crippen MR) is 101 cm³/mol. The molecule has 1 aromatic carbocycles. The van der Waals surface area contributed by atoms with Crippen LogP contribution in [-0.4, -0.2) is 12.5 Å². The van der Waals surface area contributed by atoms with Crippen molar-refractivity contribution in [3.8, 4) is 5.75 Å². The van der Waals surface area contributed by atoms with Gasteiger partial charge < -0.3 is 14.5 Å². The third-order valence-electron chi connectivity index (χ3n) is 4.66. The van der Waals surface area contributed by atoms with Crippen molar-refractivity contribution in [1.82, 2.24) is 5.32 Å². The molecule has 0 saturated heterocycles. The average molecular weight is 369 g/mol. The molecule has 134 valence electrons. The summed E-state index contributed by atoms with van der Waals surface area (Å²) >= 11 is 1.60. The summed E-state index contributed by atoms with van der Waals surface area (Å²) in [6.07, 6.45) is 2.68. The predicted octanol–water partition coefficient (Wildman–Crippen LogP) is 3.60. The van der Waals surface area contributed by atoms with Crippen molar-refractivity contribution in [2.75, 3.05) is 6.61 Å². The Bertz CT molecular complexity index is 1010. The summed E-state index contributed by atoms with van der Waals surface area (Å²) in [5.41, 5.74) is 2.14. The smallest absolute Gasteiger partial charge is 0.339 e. The van der Waals surface area contributed by atoms with E-state index in [0.29, 0.717) is 11.3 Å². The number of benzene rings is 1. The van der Waals surface area contributed by atoms with Crippen LogP contribution in [0.5, 0.6) is 5.75 Å². The number of carbonyl (C=O) groups excluding carboxylic acids is 1. The molecule has 0 unspecified atom stereocenters. The first-order chi connectivity index (χ1) is 12.6. The van der Waals surface area contributed by atoms with Crippen LogP contribution in [0.3, 0.4) is 0 Å². The monoisotopic (exact) mass is 369 g/mol. The van der Waals surface area contributed by atoms with E-state index in [-0.39, 0.29) is 24.2 Å².